The SMILES string of the molecule is COc1ccc(Cl)cc1NC(=O)c1cc2ccccc2c(N=Nc2c(S(=O)(=O)O)ccc(C)c2Cl)c1[O-].[Na+]. The van der Waals surface area contributed by atoms with E-state index in [1.165, 1.54) is 25.3 Å². The van der Waals surface area contributed by atoms with Gasteiger partial charge in [-0.1, -0.05) is 59.3 Å². The number of halogens is 2. The minimum Gasteiger partial charge on any atom is -0.870 e. The number of nitrogens with one attached hydrogen (secondary N) is 1. The minimum atomic E-state index is -4.70. The molecule has 4 rings (SSSR count). The van der Waals surface area contributed by atoms with Crippen molar-refractivity contribution in [2.45, 2.75) is 11.8 Å². The Balaban J connectivity index is 0.00000400. The molecule has 0 aromatic heterocycles. The predicted molar refractivity (Wildman–Crippen MR) is 140 cm³/mol. The van der Waals surface area contributed by atoms with Crippen LogP contribution >= 0.6 is 23.2 Å². The van der Waals surface area contributed by atoms with E-state index >= 15 is 0 Å². The third-order valence-electron chi connectivity index (χ3n) is 5.43. The zero-order valence-electron chi connectivity index (χ0n) is 20.3. The number of aryl methyl sites for hydroxylation is 1. The molecule has 38 heavy (non-hydrogen) atoms. The Labute approximate surface area is 250 Å². The summed E-state index contributed by atoms with van der Waals surface area (Å²) >= 11 is 12.3. The molecule has 0 atom stereocenters. The maximum absolute atomic E-state index is 13.4. The summed E-state index contributed by atoms with van der Waals surface area (Å²) in [7, 11) is -3.28. The number of nitrogens with zero attached hydrogens (tertiary/aromatic N) is 2. The van der Waals surface area contributed by atoms with Crippen LogP contribution in [0.5, 0.6) is 11.5 Å². The first-order valence-corrected chi connectivity index (χ1v) is 12.8. The van der Waals surface area contributed by atoms with Crippen LogP contribution in [-0.4, -0.2) is 26.0 Å². The zero-order chi connectivity index (χ0) is 26.9. The molecule has 0 saturated heterocycles. The van der Waals surface area contributed by atoms with Crippen LogP contribution in [0.15, 0.2) is 75.8 Å². The maximum atomic E-state index is 13.4. The van der Waals surface area contributed by atoms with Gasteiger partial charge in [-0.05, 0) is 48.2 Å². The molecule has 0 aliphatic carbocycles. The molecule has 0 fully saturated rings. The van der Waals surface area contributed by atoms with Crippen molar-refractivity contribution in [3.05, 3.63) is 81.8 Å². The third kappa shape index (κ3) is 6.13. The zero-order valence-corrected chi connectivity index (χ0v) is 24.6. The first-order valence-electron chi connectivity index (χ1n) is 10.6. The monoisotopic (exact) mass is 581 g/mol. The fraction of sp³-hybridized carbons (Fsp3) is 0.0800. The fourth-order valence-corrected chi connectivity index (χ4v) is 4.65. The smallest absolute Gasteiger partial charge is 0.870 e. The van der Waals surface area contributed by atoms with Crippen LogP contribution in [0.4, 0.5) is 17.1 Å². The van der Waals surface area contributed by atoms with Gasteiger partial charge in [0.05, 0.1) is 23.5 Å². The van der Waals surface area contributed by atoms with Crippen molar-refractivity contribution in [2.75, 3.05) is 12.4 Å². The topological polar surface area (TPSA) is 140 Å². The standard InChI is InChI=1S/C25H19Cl2N3O6S.Na/c1-13-7-10-20(37(33,34)35)23(21(13)27)30-29-22-16-6-4-3-5-14(16)11-17(24(22)31)25(32)28-18-12-15(26)8-9-19(18)36-2;/h3-12,31H,1-2H3,(H,28,32)(H,33,34,35);/q;+1/p-1. The molecule has 0 spiro atoms. The summed E-state index contributed by atoms with van der Waals surface area (Å²) in [6, 6.07) is 15.2. The van der Waals surface area contributed by atoms with Crippen molar-refractivity contribution in [3.63, 3.8) is 0 Å². The molecule has 4 aromatic carbocycles. The molecule has 2 N–H and O–H groups in total. The van der Waals surface area contributed by atoms with E-state index in [0.717, 1.165) is 6.07 Å². The van der Waals surface area contributed by atoms with Crippen LogP contribution in [0.2, 0.25) is 10.0 Å². The van der Waals surface area contributed by atoms with Crippen LogP contribution in [0.3, 0.4) is 0 Å². The van der Waals surface area contributed by atoms with Gasteiger partial charge in [-0.2, -0.15) is 13.5 Å². The first kappa shape index (κ1) is 29.9. The van der Waals surface area contributed by atoms with Crippen LogP contribution in [0, 0.1) is 6.92 Å². The normalized spacial score (nSPS) is 11.4. The van der Waals surface area contributed by atoms with Crippen molar-refractivity contribution in [2.24, 2.45) is 10.2 Å². The van der Waals surface area contributed by atoms with Gasteiger partial charge in [0.25, 0.3) is 16.0 Å². The Hall–Kier alpha value is -2.70. The summed E-state index contributed by atoms with van der Waals surface area (Å²) in [6.07, 6.45) is 0. The van der Waals surface area contributed by atoms with Crippen LogP contribution in [0.1, 0.15) is 15.9 Å². The van der Waals surface area contributed by atoms with Gasteiger partial charge in [-0.3, -0.25) is 9.35 Å². The second kappa shape index (κ2) is 12.0. The summed E-state index contributed by atoms with van der Waals surface area (Å²) in [5.74, 6) is -1.18. The maximum Gasteiger partial charge on any atom is 1.00 e. The van der Waals surface area contributed by atoms with Crippen molar-refractivity contribution < 1.29 is 57.2 Å². The number of carbonyl (C=O) groups excluding carboxylic acids is 1. The van der Waals surface area contributed by atoms with E-state index < -0.39 is 26.7 Å². The molecular weight excluding hydrogens is 564 g/mol. The second-order valence-electron chi connectivity index (χ2n) is 7.84. The average molecular weight is 582 g/mol. The van der Waals surface area contributed by atoms with E-state index in [4.69, 9.17) is 27.9 Å². The Morgan fingerprint density at radius 1 is 1.03 bits per heavy atom. The van der Waals surface area contributed by atoms with E-state index in [-0.39, 0.29) is 57.2 Å². The summed E-state index contributed by atoms with van der Waals surface area (Å²) < 4.78 is 38.6. The summed E-state index contributed by atoms with van der Waals surface area (Å²) in [5, 5.41) is 25.1. The van der Waals surface area contributed by atoms with Gasteiger partial charge < -0.3 is 15.2 Å². The molecule has 13 heteroatoms. The summed E-state index contributed by atoms with van der Waals surface area (Å²) in [5.41, 5.74) is -0.0924. The van der Waals surface area contributed by atoms with Gasteiger partial charge >= 0.3 is 29.6 Å². The van der Waals surface area contributed by atoms with E-state index in [1.807, 2.05) is 0 Å². The number of azo groups is 1. The van der Waals surface area contributed by atoms with Gasteiger partial charge in [-0.15, -0.1) is 5.11 Å². The van der Waals surface area contributed by atoms with Crippen molar-refractivity contribution in [1.82, 2.24) is 0 Å². The number of methoxy groups -OCH3 is 1. The van der Waals surface area contributed by atoms with Crippen LogP contribution in [-0.2, 0) is 10.1 Å². The Kier molecular flexibility index (Phi) is 9.43. The average Bonchev–Trinajstić information content (AvgIpc) is 2.84. The Morgan fingerprint density at radius 3 is 2.39 bits per heavy atom. The molecule has 0 saturated carbocycles. The second-order valence-corrected chi connectivity index (χ2v) is 10.0. The molecule has 4 aromatic rings. The number of ether oxygens (including phenoxy) is 1. The van der Waals surface area contributed by atoms with Gasteiger partial charge in [0.15, 0.2) is 0 Å². The molecule has 190 valence electrons. The summed E-state index contributed by atoms with van der Waals surface area (Å²) in [4.78, 5) is 12.6. The Bertz CT molecular complexity index is 1700. The fourth-order valence-electron chi connectivity index (χ4n) is 3.59. The predicted octanol–water partition coefficient (Wildman–Crippen LogP) is 3.46. The van der Waals surface area contributed by atoms with E-state index in [1.54, 1.807) is 43.3 Å². The molecule has 0 heterocycles. The molecule has 0 radical (unpaired) electrons. The number of fused-ring (bicyclic) bond motifs is 1. The minimum absolute atomic E-state index is 0. The van der Waals surface area contributed by atoms with Gasteiger partial charge in [-0.25, -0.2) is 0 Å². The Morgan fingerprint density at radius 2 is 1.71 bits per heavy atom. The molecule has 0 aliphatic rings. The number of hydrogen-bond acceptors (Lipinski definition) is 7. The van der Waals surface area contributed by atoms with Crippen molar-refractivity contribution in [3.8, 4) is 11.5 Å². The van der Waals surface area contributed by atoms with Crippen molar-refractivity contribution in [1.29, 1.82) is 0 Å². The van der Waals surface area contributed by atoms with E-state index in [0.29, 0.717) is 27.1 Å². The van der Waals surface area contributed by atoms with Crippen LogP contribution < -0.4 is 44.7 Å². The largest absolute Gasteiger partial charge is 1.00 e. The number of carbonyl (C=O) groups is 1. The van der Waals surface area contributed by atoms with E-state index in [9.17, 15) is 22.9 Å². The third-order valence-corrected chi connectivity index (χ3v) is 7.03. The number of rotatable bonds is 6. The molecule has 0 aliphatic heterocycles. The van der Waals surface area contributed by atoms with Crippen LogP contribution in [0.25, 0.3) is 10.8 Å². The van der Waals surface area contributed by atoms with Gasteiger partial charge in [0.2, 0.25) is 0 Å². The first-order chi connectivity index (χ1) is 17.5. The number of amides is 1. The summed E-state index contributed by atoms with van der Waals surface area (Å²) in [6.45, 7) is 1.61. The molecule has 9 nitrogen and oxygen atoms in total. The van der Waals surface area contributed by atoms with Gasteiger partial charge in [0.1, 0.15) is 16.3 Å². The molecule has 1 amide bonds. The number of anilines is 1. The van der Waals surface area contributed by atoms with E-state index in [2.05, 4.69) is 15.5 Å². The molecule has 0 bridgehead atoms. The van der Waals surface area contributed by atoms with Gasteiger partial charge in [0, 0.05) is 16.0 Å². The molecule has 0 unspecified atom stereocenters. The van der Waals surface area contributed by atoms with Crippen molar-refractivity contribution >= 4 is 67.1 Å². The number of hydrogen-bond donors (Lipinski definition) is 2. The number of benzene rings is 4. The quantitative estimate of drug-likeness (QED) is 0.203. The molecular formula is C25H18Cl2N3NaO6S.